The normalized spacial score (nSPS) is 13.8. The number of rotatable bonds is 8. The number of nitrogens with zero attached hydrogens (tertiary/aromatic N) is 3. The van der Waals surface area contributed by atoms with E-state index in [2.05, 4.69) is 20.4 Å². The number of anilines is 2. The van der Waals surface area contributed by atoms with E-state index < -0.39 is 0 Å². The van der Waals surface area contributed by atoms with Crippen LogP contribution in [0.1, 0.15) is 38.0 Å². The Bertz CT molecular complexity index is 1050. The van der Waals surface area contributed by atoms with Crippen molar-refractivity contribution in [2.24, 2.45) is 0 Å². The van der Waals surface area contributed by atoms with Crippen LogP contribution in [0.2, 0.25) is 0 Å². The van der Waals surface area contributed by atoms with Gasteiger partial charge in [0, 0.05) is 31.5 Å². The lowest BCUT2D eigenvalue weighted by Crippen LogP contribution is -2.30. The van der Waals surface area contributed by atoms with Gasteiger partial charge >= 0.3 is 0 Å². The van der Waals surface area contributed by atoms with Crippen molar-refractivity contribution in [2.75, 3.05) is 30.4 Å². The van der Waals surface area contributed by atoms with Crippen molar-refractivity contribution in [3.05, 3.63) is 54.2 Å². The first-order valence-corrected chi connectivity index (χ1v) is 10.9. The number of carbonyl (C=O) groups is 1. The second-order valence-electron chi connectivity index (χ2n) is 7.85. The first-order chi connectivity index (χ1) is 15.6. The Hall–Kier alpha value is -3.42. The van der Waals surface area contributed by atoms with Crippen molar-refractivity contribution in [1.29, 1.82) is 0 Å². The highest BCUT2D eigenvalue weighted by Crippen LogP contribution is 2.29. The summed E-state index contributed by atoms with van der Waals surface area (Å²) in [5, 5.41) is 6.88. The van der Waals surface area contributed by atoms with E-state index in [1.165, 1.54) is 18.6 Å². The van der Waals surface area contributed by atoms with Crippen LogP contribution in [0.25, 0.3) is 11.4 Å². The number of ether oxygens (including phenoxy) is 1. The van der Waals surface area contributed by atoms with Crippen LogP contribution >= 0.6 is 0 Å². The van der Waals surface area contributed by atoms with E-state index in [1.54, 1.807) is 13.2 Å². The van der Waals surface area contributed by atoms with Gasteiger partial charge in [0.05, 0.1) is 18.5 Å². The molecule has 0 atom stereocenters. The van der Waals surface area contributed by atoms with Gasteiger partial charge in [0.25, 0.3) is 0 Å². The lowest BCUT2D eigenvalue weighted by atomic mass is 10.1. The molecule has 1 amide bonds. The Labute approximate surface area is 186 Å². The first-order valence-electron chi connectivity index (χ1n) is 10.9. The lowest BCUT2D eigenvalue weighted by molar-refractivity contribution is -0.116. The van der Waals surface area contributed by atoms with Gasteiger partial charge in [-0.1, -0.05) is 5.16 Å². The molecule has 7 nitrogen and oxygen atoms in total. The molecule has 1 N–H and O–H groups in total. The van der Waals surface area contributed by atoms with Crippen LogP contribution in [0.3, 0.4) is 0 Å². The van der Waals surface area contributed by atoms with Crippen LogP contribution in [0, 0.1) is 5.82 Å². The minimum Gasteiger partial charge on any atom is -0.497 e. The molecule has 1 fully saturated rings. The van der Waals surface area contributed by atoms with Crippen LogP contribution in [0.4, 0.5) is 15.8 Å². The van der Waals surface area contributed by atoms with Crippen LogP contribution < -0.4 is 15.0 Å². The maximum Gasteiger partial charge on any atom is 0.226 e. The predicted molar refractivity (Wildman–Crippen MR) is 120 cm³/mol. The molecule has 0 radical (unpaired) electrons. The molecule has 0 spiro atoms. The summed E-state index contributed by atoms with van der Waals surface area (Å²) in [6.07, 6.45) is 4.72. The molecule has 4 rings (SSSR count). The summed E-state index contributed by atoms with van der Waals surface area (Å²) < 4.78 is 24.3. The van der Waals surface area contributed by atoms with Crippen molar-refractivity contribution in [1.82, 2.24) is 10.1 Å². The van der Waals surface area contributed by atoms with E-state index in [4.69, 9.17) is 9.26 Å². The summed E-state index contributed by atoms with van der Waals surface area (Å²) >= 11 is 0. The van der Waals surface area contributed by atoms with E-state index in [0.717, 1.165) is 42.9 Å². The summed E-state index contributed by atoms with van der Waals surface area (Å²) in [7, 11) is 1.61. The third-order valence-corrected chi connectivity index (χ3v) is 5.54. The molecule has 168 valence electrons. The minimum atomic E-state index is -0.363. The third kappa shape index (κ3) is 5.43. The van der Waals surface area contributed by atoms with Gasteiger partial charge in [0.2, 0.25) is 17.6 Å². The van der Waals surface area contributed by atoms with Crippen LogP contribution in [-0.4, -0.2) is 36.2 Å². The van der Waals surface area contributed by atoms with Crippen LogP contribution in [-0.2, 0) is 11.2 Å². The number of halogens is 1. The maximum absolute atomic E-state index is 13.8. The van der Waals surface area contributed by atoms with Crippen LogP contribution in [0.5, 0.6) is 5.75 Å². The van der Waals surface area contributed by atoms with Gasteiger partial charge in [-0.05, 0) is 68.1 Å². The average Bonchev–Trinajstić information content (AvgIpc) is 3.29. The number of aromatic nitrogens is 2. The maximum atomic E-state index is 13.8. The minimum absolute atomic E-state index is 0.163. The van der Waals surface area contributed by atoms with Crippen LogP contribution in [0.15, 0.2) is 47.0 Å². The van der Waals surface area contributed by atoms with E-state index in [0.29, 0.717) is 30.2 Å². The summed E-state index contributed by atoms with van der Waals surface area (Å²) in [4.78, 5) is 19.1. The second kappa shape index (κ2) is 10.3. The van der Waals surface area contributed by atoms with Gasteiger partial charge in [-0.25, -0.2) is 4.39 Å². The van der Waals surface area contributed by atoms with Crippen molar-refractivity contribution in [3.8, 4) is 17.1 Å². The largest absolute Gasteiger partial charge is 0.497 e. The number of piperidine rings is 1. The molecule has 1 aliphatic rings. The lowest BCUT2D eigenvalue weighted by Gasteiger charge is -2.30. The Kier molecular flexibility index (Phi) is 6.99. The van der Waals surface area contributed by atoms with Gasteiger partial charge in [-0.3, -0.25) is 4.79 Å². The number of amides is 1. The Morgan fingerprint density at radius 1 is 1.16 bits per heavy atom. The fourth-order valence-corrected chi connectivity index (χ4v) is 3.85. The fraction of sp³-hybridized carbons (Fsp3) is 0.375. The molecule has 2 aromatic carbocycles. The zero-order chi connectivity index (χ0) is 22.3. The number of hydrogen-bond donors (Lipinski definition) is 1. The molecular formula is C24H27FN4O3. The third-order valence-electron chi connectivity index (χ3n) is 5.54. The van der Waals surface area contributed by atoms with Gasteiger partial charge in [0.1, 0.15) is 11.6 Å². The number of methoxy groups -OCH3 is 1. The molecule has 0 saturated carbocycles. The summed E-state index contributed by atoms with van der Waals surface area (Å²) in [5.74, 6) is 1.20. The van der Waals surface area contributed by atoms with E-state index in [9.17, 15) is 9.18 Å². The van der Waals surface area contributed by atoms with Crippen molar-refractivity contribution < 1.29 is 18.4 Å². The molecule has 3 aromatic rings. The molecule has 0 unspecified atom stereocenters. The fourth-order valence-electron chi connectivity index (χ4n) is 3.85. The average molecular weight is 439 g/mol. The van der Waals surface area contributed by atoms with Gasteiger partial charge in [-0.2, -0.15) is 4.98 Å². The van der Waals surface area contributed by atoms with Crippen molar-refractivity contribution in [2.45, 2.75) is 38.5 Å². The zero-order valence-corrected chi connectivity index (χ0v) is 18.1. The van der Waals surface area contributed by atoms with Gasteiger partial charge in [0.15, 0.2) is 0 Å². The summed E-state index contributed by atoms with van der Waals surface area (Å²) in [6, 6.07) is 12.0. The molecule has 1 aromatic heterocycles. The number of aryl methyl sites for hydroxylation is 1. The molecule has 2 heterocycles. The molecule has 1 aliphatic heterocycles. The van der Waals surface area contributed by atoms with E-state index >= 15 is 0 Å². The van der Waals surface area contributed by atoms with Gasteiger partial charge < -0.3 is 19.5 Å². The number of hydrogen-bond acceptors (Lipinski definition) is 6. The first kappa shape index (κ1) is 21.8. The van der Waals surface area contributed by atoms with Crippen molar-refractivity contribution >= 4 is 17.3 Å². The Balaban J connectivity index is 1.31. The number of nitrogens with one attached hydrogen (secondary N) is 1. The highest BCUT2D eigenvalue weighted by atomic mass is 19.1. The highest BCUT2D eigenvalue weighted by molar-refractivity contribution is 5.94. The van der Waals surface area contributed by atoms with E-state index in [1.807, 2.05) is 24.3 Å². The molecule has 0 bridgehead atoms. The standard InChI is InChI=1S/C24H27FN4O3/c1-31-19-11-8-17(9-12-19)24-27-23(32-28-24)7-5-6-22(30)26-20-16-18(25)10-13-21(20)29-14-3-2-4-15-29/h8-13,16H,2-7,14-15H2,1H3,(H,26,30). The SMILES string of the molecule is COc1ccc(-c2noc(CCCC(=O)Nc3cc(F)ccc3N3CCCCC3)n2)cc1. The van der Waals surface area contributed by atoms with Gasteiger partial charge in [-0.15, -0.1) is 0 Å². The van der Waals surface area contributed by atoms with E-state index in [-0.39, 0.29) is 18.1 Å². The second-order valence-corrected chi connectivity index (χ2v) is 7.85. The topological polar surface area (TPSA) is 80.5 Å². The zero-order valence-electron chi connectivity index (χ0n) is 18.1. The summed E-state index contributed by atoms with van der Waals surface area (Å²) in [5.41, 5.74) is 2.23. The smallest absolute Gasteiger partial charge is 0.226 e. The molecular weight excluding hydrogens is 411 g/mol. The quantitative estimate of drug-likeness (QED) is 0.542. The highest BCUT2D eigenvalue weighted by Gasteiger charge is 2.17. The summed E-state index contributed by atoms with van der Waals surface area (Å²) in [6.45, 7) is 1.84. The molecule has 0 aliphatic carbocycles. The number of carbonyl (C=O) groups excluding carboxylic acids is 1. The Morgan fingerprint density at radius 2 is 1.94 bits per heavy atom. The monoisotopic (exact) mass is 438 g/mol. The molecule has 32 heavy (non-hydrogen) atoms. The Morgan fingerprint density at radius 3 is 2.69 bits per heavy atom. The van der Waals surface area contributed by atoms with Crippen molar-refractivity contribution in [3.63, 3.8) is 0 Å². The molecule has 1 saturated heterocycles. The number of benzene rings is 2. The predicted octanol–water partition coefficient (Wildman–Crippen LogP) is 4.84. The molecule has 8 heteroatoms.